The first-order valence-electron chi connectivity index (χ1n) is 6.27. The third-order valence-corrected chi connectivity index (χ3v) is 4.50. The van der Waals surface area contributed by atoms with Gasteiger partial charge >= 0.3 is 0 Å². The van der Waals surface area contributed by atoms with Crippen LogP contribution in [0.3, 0.4) is 0 Å². The highest BCUT2D eigenvalue weighted by Crippen LogP contribution is 2.27. The molecule has 7 heteroatoms. The standard InChI is InChI=1S/C13H21FN2O3S/c1-8-6-7-15-10(11(17)9(2)14)12(8)20(18,19)16-13(3,4)5/h6-7,9,11,16-17H,1-5H3. The first-order chi connectivity index (χ1) is 8.96. The van der Waals surface area contributed by atoms with E-state index in [1.807, 2.05) is 0 Å². The summed E-state index contributed by atoms with van der Waals surface area (Å²) in [6.45, 7) is 7.83. The number of rotatable bonds is 4. The van der Waals surface area contributed by atoms with Gasteiger partial charge < -0.3 is 5.11 Å². The van der Waals surface area contributed by atoms with E-state index in [1.165, 1.54) is 12.3 Å². The van der Waals surface area contributed by atoms with Crippen LogP contribution in [0.15, 0.2) is 17.2 Å². The van der Waals surface area contributed by atoms with Crippen molar-refractivity contribution in [3.8, 4) is 0 Å². The van der Waals surface area contributed by atoms with Crippen LogP contribution in [0.25, 0.3) is 0 Å². The lowest BCUT2D eigenvalue weighted by Crippen LogP contribution is -2.41. The molecule has 0 aliphatic rings. The van der Waals surface area contributed by atoms with Gasteiger partial charge in [0.25, 0.3) is 0 Å². The van der Waals surface area contributed by atoms with Gasteiger partial charge in [0.1, 0.15) is 17.2 Å². The minimum absolute atomic E-state index is 0.160. The Morgan fingerprint density at radius 3 is 2.40 bits per heavy atom. The molecule has 0 fully saturated rings. The number of aromatic nitrogens is 1. The van der Waals surface area contributed by atoms with E-state index in [1.54, 1.807) is 27.7 Å². The molecular weight excluding hydrogens is 283 g/mol. The van der Waals surface area contributed by atoms with Crippen LogP contribution in [0.5, 0.6) is 0 Å². The van der Waals surface area contributed by atoms with E-state index in [4.69, 9.17) is 0 Å². The summed E-state index contributed by atoms with van der Waals surface area (Å²) in [6, 6.07) is 1.51. The fourth-order valence-corrected chi connectivity index (χ4v) is 3.65. The fourth-order valence-electron chi connectivity index (χ4n) is 1.80. The maximum absolute atomic E-state index is 13.3. The molecule has 20 heavy (non-hydrogen) atoms. The minimum Gasteiger partial charge on any atom is -0.384 e. The molecular formula is C13H21FN2O3S. The van der Waals surface area contributed by atoms with Crippen molar-refractivity contribution in [2.75, 3.05) is 0 Å². The number of nitrogens with zero attached hydrogens (tertiary/aromatic N) is 1. The van der Waals surface area contributed by atoms with E-state index in [2.05, 4.69) is 9.71 Å². The lowest BCUT2D eigenvalue weighted by molar-refractivity contribution is 0.0819. The molecule has 0 radical (unpaired) electrons. The Balaban J connectivity index is 3.44. The summed E-state index contributed by atoms with van der Waals surface area (Å²) in [6.07, 6.45) is -1.85. The normalized spacial score (nSPS) is 15.9. The number of sulfonamides is 1. The van der Waals surface area contributed by atoms with Crippen LogP contribution in [0.1, 0.15) is 45.1 Å². The SMILES string of the molecule is Cc1ccnc(C(O)C(C)F)c1S(=O)(=O)NC(C)(C)C. The maximum Gasteiger partial charge on any atom is 0.243 e. The second-order valence-electron chi connectivity index (χ2n) is 5.82. The minimum atomic E-state index is -3.90. The molecule has 2 N–H and O–H groups in total. The Morgan fingerprint density at radius 2 is 1.95 bits per heavy atom. The first kappa shape index (κ1) is 17.0. The van der Waals surface area contributed by atoms with Crippen molar-refractivity contribution in [2.45, 2.75) is 57.3 Å². The Morgan fingerprint density at radius 1 is 1.40 bits per heavy atom. The zero-order valence-corrected chi connectivity index (χ0v) is 13.1. The Hall–Kier alpha value is -1.05. The van der Waals surface area contributed by atoms with Crippen LogP contribution < -0.4 is 4.72 Å². The van der Waals surface area contributed by atoms with E-state index in [0.717, 1.165) is 6.92 Å². The molecule has 0 aromatic carbocycles. The second kappa shape index (κ2) is 5.75. The molecule has 0 aliphatic carbocycles. The number of aliphatic hydroxyl groups is 1. The fraction of sp³-hybridized carbons (Fsp3) is 0.615. The van der Waals surface area contributed by atoms with E-state index < -0.39 is 27.8 Å². The molecule has 1 heterocycles. The van der Waals surface area contributed by atoms with Crippen LogP contribution >= 0.6 is 0 Å². The van der Waals surface area contributed by atoms with Gasteiger partial charge in [0.15, 0.2) is 0 Å². The molecule has 0 saturated carbocycles. The average molecular weight is 304 g/mol. The number of aryl methyl sites for hydroxylation is 1. The summed E-state index contributed by atoms with van der Waals surface area (Å²) in [7, 11) is -3.90. The molecule has 114 valence electrons. The predicted molar refractivity (Wildman–Crippen MR) is 74.6 cm³/mol. The maximum atomic E-state index is 13.3. The van der Waals surface area contributed by atoms with Gasteiger partial charge in [0.05, 0.1) is 5.69 Å². The van der Waals surface area contributed by atoms with Crippen molar-refractivity contribution in [2.24, 2.45) is 0 Å². The molecule has 0 aliphatic heterocycles. The van der Waals surface area contributed by atoms with Crippen molar-refractivity contribution in [1.82, 2.24) is 9.71 Å². The molecule has 1 aromatic rings. The molecule has 1 aromatic heterocycles. The number of halogens is 1. The summed E-state index contributed by atoms with van der Waals surface area (Å²) in [4.78, 5) is 3.69. The highest BCUT2D eigenvalue weighted by Gasteiger charge is 2.31. The Bertz CT molecular complexity index is 580. The quantitative estimate of drug-likeness (QED) is 0.890. The molecule has 0 saturated heterocycles. The highest BCUT2D eigenvalue weighted by molar-refractivity contribution is 7.89. The molecule has 1 rings (SSSR count). The summed E-state index contributed by atoms with van der Waals surface area (Å²) >= 11 is 0. The van der Waals surface area contributed by atoms with Gasteiger partial charge in [0, 0.05) is 11.7 Å². The molecule has 0 spiro atoms. The molecule has 0 bridgehead atoms. The summed E-state index contributed by atoms with van der Waals surface area (Å²) in [5.74, 6) is 0. The Labute approximate surface area is 119 Å². The van der Waals surface area contributed by atoms with Crippen molar-refractivity contribution < 1.29 is 17.9 Å². The van der Waals surface area contributed by atoms with Crippen LogP contribution in [-0.2, 0) is 10.0 Å². The lowest BCUT2D eigenvalue weighted by atomic mass is 10.1. The molecule has 2 atom stereocenters. The molecule has 0 amide bonds. The van der Waals surface area contributed by atoms with Crippen LogP contribution in [-0.4, -0.2) is 30.2 Å². The van der Waals surface area contributed by atoms with Gasteiger partial charge in [-0.25, -0.2) is 17.5 Å². The summed E-state index contributed by atoms with van der Waals surface area (Å²) < 4.78 is 40.7. The van der Waals surface area contributed by atoms with Crippen molar-refractivity contribution >= 4 is 10.0 Å². The molecule has 2 unspecified atom stereocenters. The van der Waals surface area contributed by atoms with Crippen LogP contribution in [0.2, 0.25) is 0 Å². The summed E-state index contributed by atoms with van der Waals surface area (Å²) in [5, 5.41) is 9.83. The van der Waals surface area contributed by atoms with Crippen molar-refractivity contribution in [3.05, 3.63) is 23.5 Å². The van der Waals surface area contributed by atoms with Gasteiger partial charge in [-0.05, 0) is 46.2 Å². The summed E-state index contributed by atoms with van der Waals surface area (Å²) in [5.41, 5.74) is -0.451. The number of hydrogen-bond acceptors (Lipinski definition) is 4. The van der Waals surface area contributed by atoms with Gasteiger partial charge in [-0.3, -0.25) is 4.98 Å². The van der Waals surface area contributed by atoms with E-state index in [0.29, 0.717) is 5.56 Å². The zero-order chi connectivity index (χ0) is 15.7. The van der Waals surface area contributed by atoms with Crippen LogP contribution in [0.4, 0.5) is 4.39 Å². The number of aliphatic hydroxyl groups excluding tert-OH is 1. The second-order valence-corrected chi connectivity index (χ2v) is 7.44. The monoisotopic (exact) mass is 304 g/mol. The Kier molecular flexibility index (Phi) is 4.89. The van der Waals surface area contributed by atoms with E-state index in [9.17, 15) is 17.9 Å². The third kappa shape index (κ3) is 3.97. The topological polar surface area (TPSA) is 79.3 Å². The average Bonchev–Trinajstić information content (AvgIpc) is 2.23. The molecule has 5 nitrogen and oxygen atoms in total. The number of nitrogens with one attached hydrogen (secondary N) is 1. The third-order valence-electron chi connectivity index (χ3n) is 2.55. The van der Waals surface area contributed by atoms with Gasteiger partial charge in [-0.1, -0.05) is 0 Å². The zero-order valence-electron chi connectivity index (χ0n) is 12.3. The van der Waals surface area contributed by atoms with E-state index in [-0.39, 0.29) is 10.6 Å². The van der Waals surface area contributed by atoms with E-state index >= 15 is 0 Å². The van der Waals surface area contributed by atoms with Gasteiger partial charge in [0.2, 0.25) is 10.0 Å². The van der Waals surface area contributed by atoms with Crippen LogP contribution in [0, 0.1) is 6.92 Å². The first-order valence-corrected chi connectivity index (χ1v) is 7.75. The highest BCUT2D eigenvalue weighted by atomic mass is 32.2. The smallest absolute Gasteiger partial charge is 0.243 e. The number of hydrogen-bond donors (Lipinski definition) is 2. The predicted octanol–water partition coefficient (Wildman–Crippen LogP) is 1.86. The number of pyridine rings is 1. The van der Waals surface area contributed by atoms with Gasteiger partial charge in [-0.2, -0.15) is 0 Å². The lowest BCUT2D eigenvalue weighted by Gasteiger charge is -2.23. The largest absolute Gasteiger partial charge is 0.384 e. The van der Waals surface area contributed by atoms with Gasteiger partial charge in [-0.15, -0.1) is 0 Å². The van der Waals surface area contributed by atoms with Crippen molar-refractivity contribution in [3.63, 3.8) is 0 Å². The van der Waals surface area contributed by atoms with Crippen molar-refractivity contribution in [1.29, 1.82) is 0 Å². The number of alkyl halides is 1.